The third kappa shape index (κ3) is 1.93. The fraction of sp³-hybridized carbons (Fsp3) is 0.444. The number of nitrogens with zero attached hydrogens (tertiary/aromatic N) is 1. The van der Waals surface area contributed by atoms with Gasteiger partial charge in [0.2, 0.25) is 5.88 Å². The number of rotatable bonds is 1. The minimum Gasteiger partial charge on any atom is -0.481 e. The van der Waals surface area contributed by atoms with Crippen molar-refractivity contribution < 1.29 is 4.74 Å². The Morgan fingerprint density at radius 2 is 2.27 bits per heavy atom. The van der Waals surface area contributed by atoms with Gasteiger partial charge in [0.15, 0.2) is 0 Å². The number of methoxy groups -OCH3 is 1. The van der Waals surface area contributed by atoms with Gasteiger partial charge in [-0.3, -0.25) is 0 Å². The first-order chi connectivity index (χ1) is 5.24. The molecule has 60 valence electrons. The minimum absolute atomic E-state index is 0.416. The zero-order chi connectivity index (χ0) is 8.27. The van der Waals surface area contributed by atoms with Crippen LogP contribution >= 0.6 is 0 Å². The van der Waals surface area contributed by atoms with Crippen molar-refractivity contribution in [2.45, 2.75) is 13.8 Å². The van der Waals surface area contributed by atoms with Gasteiger partial charge in [0, 0.05) is 11.6 Å². The zero-order valence-corrected chi connectivity index (χ0v) is 7.16. The van der Waals surface area contributed by atoms with Crippen LogP contribution in [0.4, 0.5) is 0 Å². The SMILES string of the molecule is COC1=CC=CC(C)C(C)=N1. The summed E-state index contributed by atoms with van der Waals surface area (Å²) in [6.07, 6.45) is 5.95. The van der Waals surface area contributed by atoms with Crippen LogP contribution in [-0.2, 0) is 4.74 Å². The van der Waals surface area contributed by atoms with E-state index in [0.717, 1.165) is 5.71 Å². The Balaban J connectivity index is 2.87. The maximum Gasteiger partial charge on any atom is 0.212 e. The van der Waals surface area contributed by atoms with Gasteiger partial charge in [0.1, 0.15) is 0 Å². The van der Waals surface area contributed by atoms with Crippen molar-refractivity contribution in [2.75, 3.05) is 7.11 Å². The molecule has 0 aromatic heterocycles. The predicted octanol–water partition coefficient (Wildman–Crippen LogP) is 2.14. The maximum atomic E-state index is 5.01. The van der Waals surface area contributed by atoms with Crippen LogP contribution in [-0.4, -0.2) is 12.8 Å². The molecule has 1 aliphatic heterocycles. The van der Waals surface area contributed by atoms with Crippen molar-refractivity contribution in [3.05, 3.63) is 24.1 Å². The number of ether oxygens (including phenoxy) is 1. The van der Waals surface area contributed by atoms with Gasteiger partial charge in [-0.2, -0.15) is 0 Å². The molecule has 0 aliphatic carbocycles. The monoisotopic (exact) mass is 151 g/mol. The topological polar surface area (TPSA) is 21.6 Å². The van der Waals surface area contributed by atoms with E-state index in [9.17, 15) is 0 Å². The van der Waals surface area contributed by atoms with Crippen LogP contribution in [0.1, 0.15) is 13.8 Å². The molecule has 2 nitrogen and oxygen atoms in total. The van der Waals surface area contributed by atoms with Crippen LogP contribution in [0.25, 0.3) is 0 Å². The summed E-state index contributed by atoms with van der Waals surface area (Å²) in [5.41, 5.74) is 1.09. The lowest BCUT2D eigenvalue weighted by Crippen LogP contribution is -2.02. The fourth-order valence-electron chi connectivity index (χ4n) is 0.870. The lowest BCUT2D eigenvalue weighted by atomic mass is 10.1. The van der Waals surface area contributed by atoms with E-state index in [2.05, 4.69) is 18.0 Å². The van der Waals surface area contributed by atoms with Crippen molar-refractivity contribution in [3.63, 3.8) is 0 Å². The first-order valence-corrected chi connectivity index (χ1v) is 3.71. The predicted molar refractivity (Wildman–Crippen MR) is 46.5 cm³/mol. The average molecular weight is 151 g/mol. The lowest BCUT2D eigenvalue weighted by Gasteiger charge is -2.03. The Bertz CT molecular complexity index is 226. The third-order valence-corrected chi connectivity index (χ3v) is 1.79. The highest BCUT2D eigenvalue weighted by Gasteiger charge is 2.04. The Morgan fingerprint density at radius 3 is 2.91 bits per heavy atom. The highest BCUT2D eigenvalue weighted by molar-refractivity contribution is 5.86. The summed E-state index contributed by atoms with van der Waals surface area (Å²) in [6.45, 7) is 4.12. The van der Waals surface area contributed by atoms with Crippen LogP contribution in [0.5, 0.6) is 0 Å². The van der Waals surface area contributed by atoms with E-state index in [1.807, 2.05) is 19.1 Å². The minimum atomic E-state index is 0.416. The largest absolute Gasteiger partial charge is 0.481 e. The molecule has 1 unspecified atom stereocenters. The molecule has 0 amide bonds. The molecule has 1 rings (SSSR count). The van der Waals surface area contributed by atoms with Gasteiger partial charge in [-0.25, -0.2) is 4.99 Å². The smallest absolute Gasteiger partial charge is 0.212 e. The van der Waals surface area contributed by atoms with Gasteiger partial charge in [0.25, 0.3) is 0 Å². The van der Waals surface area contributed by atoms with Gasteiger partial charge in [-0.1, -0.05) is 19.1 Å². The molecular formula is C9H13NO. The molecule has 1 aliphatic rings. The van der Waals surface area contributed by atoms with E-state index in [1.165, 1.54) is 0 Å². The Kier molecular flexibility index (Phi) is 2.47. The zero-order valence-electron chi connectivity index (χ0n) is 7.16. The Labute approximate surface area is 67.3 Å². The molecule has 0 aromatic rings. The molecular weight excluding hydrogens is 138 g/mol. The van der Waals surface area contributed by atoms with E-state index >= 15 is 0 Å². The summed E-state index contributed by atoms with van der Waals surface area (Å²) in [6, 6.07) is 0. The Morgan fingerprint density at radius 1 is 1.55 bits per heavy atom. The summed E-state index contributed by atoms with van der Waals surface area (Å²) in [5.74, 6) is 1.10. The van der Waals surface area contributed by atoms with Crippen molar-refractivity contribution in [3.8, 4) is 0 Å². The molecule has 2 heteroatoms. The van der Waals surface area contributed by atoms with Crippen LogP contribution in [0.3, 0.4) is 0 Å². The first kappa shape index (κ1) is 8.05. The maximum absolute atomic E-state index is 5.01. The highest BCUT2D eigenvalue weighted by atomic mass is 16.5. The van der Waals surface area contributed by atoms with Crippen LogP contribution in [0, 0.1) is 5.92 Å². The van der Waals surface area contributed by atoms with Gasteiger partial charge in [-0.15, -0.1) is 0 Å². The fourth-order valence-corrected chi connectivity index (χ4v) is 0.870. The molecule has 0 N–H and O–H groups in total. The molecule has 0 aromatic carbocycles. The third-order valence-electron chi connectivity index (χ3n) is 1.79. The molecule has 0 spiro atoms. The summed E-state index contributed by atoms with van der Waals surface area (Å²) < 4.78 is 5.01. The van der Waals surface area contributed by atoms with Gasteiger partial charge in [0.05, 0.1) is 7.11 Å². The van der Waals surface area contributed by atoms with Crippen molar-refractivity contribution >= 4 is 5.71 Å². The molecule has 0 saturated heterocycles. The lowest BCUT2D eigenvalue weighted by molar-refractivity contribution is 0.288. The van der Waals surface area contributed by atoms with Crippen LogP contribution in [0.15, 0.2) is 29.1 Å². The standard InChI is InChI=1S/C9H13NO/c1-7-5-4-6-9(11-3)10-8(7)2/h4-7H,1-3H3. The van der Waals surface area contributed by atoms with Crippen molar-refractivity contribution in [1.29, 1.82) is 0 Å². The molecule has 0 radical (unpaired) electrons. The molecule has 11 heavy (non-hydrogen) atoms. The van der Waals surface area contributed by atoms with E-state index in [-0.39, 0.29) is 0 Å². The summed E-state index contributed by atoms with van der Waals surface area (Å²) in [4.78, 5) is 4.27. The molecule has 1 heterocycles. The normalized spacial score (nSPS) is 23.7. The van der Waals surface area contributed by atoms with Crippen LogP contribution < -0.4 is 0 Å². The van der Waals surface area contributed by atoms with Gasteiger partial charge in [-0.05, 0) is 13.0 Å². The first-order valence-electron chi connectivity index (χ1n) is 3.71. The molecule has 0 bridgehead atoms. The summed E-state index contributed by atoms with van der Waals surface area (Å²) in [7, 11) is 1.63. The van der Waals surface area contributed by atoms with Crippen molar-refractivity contribution in [1.82, 2.24) is 0 Å². The second kappa shape index (κ2) is 3.37. The summed E-state index contributed by atoms with van der Waals surface area (Å²) in [5, 5.41) is 0. The highest BCUT2D eigenvalue weighted by Crippen LogP contribution is 2.10. The molecule has 0 fully saturated rings. The van der Waals surface area contributed by atoms with Gasteiger partial charge < -0.3 is 4.74 Å². The average Bonchev–Trinajstić information content (AvgIpc) is 2.15. The van der Waals surface area contributed by atoms with Crippen LogP contribution in [0.2, 0.25) is 0 Å². The van der Waals surface area contributed by atoms with Crippen molar-refractivity contribution in [2.24, 2.45) is 10.9 Å². The Hall–Kier alpha value is -1.05. The quantitative estimate of drug-likeness (QED) is 0.562. The number of hydrogen-bond donors (Lipinski definition) is 0. The van der Waals surface area contributed by atoms with E-state index < -0.39 is 0 Å². The number of hydrogen-bond acceptors (Lipinski definition) is 2. The van der Waals surface area contributed by atoms with E-state index in [1.54, 1.807) is 7.11 Å². The molecule has 0 saturated carbocycles. The van der Waals surface area contributed by atoms with E-state index in [4.69, 9.17) is 4.74 Å². The second-order valence-corrected chi connectivity index (χ2v) is 2.64. The molecule has 1 atom stereocenters. The van der Waals surface area contributed by atoms with Gasteiger partial charge >= 0.3 is 0 Å². The second-order valence-electron chi connectivity index (χ2n) is 2.64. The summed E-state index contributed by atoms with van der Waals surface area (Å²) >= 11 is 0. The number of aliphatic imine (C=N–C) groups is 1. The number of allylic oxidation sites excluding steroid dienone is 3. The van der Waals surface area contributed by atoms with E-state index in [0.29, 0.717) is 11.8 Å².